The van der Waals surface area contributed by atoms with Crippen molar-refractivity contribution in [1.82, 2.24) is 20.6 Å². The van der Waals surface area contributed by atoms with Crippen molar-refractivity contribution in [2.75, 3.05) is 11.4 Å². The van der Waals surface area contributed by atoms with Crippen LogP contribution in [0, 0.1) is 0 Å². The van der Waals surface area contributed by atoms with E-state index in [0.717, 1.165) is 18.5 Å². The fourth-order valence-electron chi connectivity index (χ4n) is 1.65. The predicted molar refractivity (Wildman–Crippen MR) is 67.2 cm³/mol. The smallest absolute Gasteiger partial charge is 0.299 e. The fourth-order valence-corrected chi connectivity index (χ4v) is 1.65. The third kappa shape index (κ3) is 2.71. The third-order valence-corrected chi connectivity index (χ3v) is 2.58. The summed E-state index contributed by atoms with van der Waals surface area (Å²) in [5.74, 6) is -0.140. The Morgan fingerprint density at radius 1 is 1.33 bits per heavy atom. The maximum absolute atomic E-state index is 12.3. The van der Waals surface area contributed by atoms with Crippen molar-refractivity contribution in [2.24, 2.45) is 0 Å². The van der Waals surface area contributed by atoms with Crippen LogP contribution < -0.4 is 4.90 Å². The number of nitrogens with zero attached hydrogens (tertiary/aromatic N) is 4. The van der Waals surface area contributed by atoms with Crippen LogP contribution in [0.2, 0.25) is 0 Å². The number of aromatic nitrogens is 4. The molecule has 0 unspecified atom stereocenters. The summed E-state index contributed by atoms with van der Waals surface area (Å²) in [6.07, 6.45) is 1.95. The molecule has 1 aromatic carbocycles. The Labute approximate surface area is 105 Å². The largest absolute Gasteiger partial charge is 0.306 e. The number of carbonyl (C=O) groups excluding carboxylic acids is 1. The predicted octanol–water partition coefficient (Wildman–Crippen LogP) is 1.65. The van der Waals surface area contributed by atoms with Crippen LogP contribution in [0.15, 0.2) is 30.3 Å². The van der Waals surface area contributed by atoms with E-state index in [0.29, 0.717) is 6.54 Å². The van der Waals surface area contributed by atoms with Gasteiger partial charge >= 0.3 is 0 Å². The van der Waals surface area contributed by atoms with E-state index in [4.69, 9.17) is 0 Å². The van der Waals surface area contributed by atoms with Gasteiger partial charge in [0.1, 0.15) is 0 Å². The molecule has 1 heterocycles. The first kappa shape index (κ1) is 12.2. The molecule has 2 aromatic rings. The fraction of sp³-hybridized carbons (Fsp3) is 0.333. The molecule has 0 aliphatic carbocycles. The zero-order valence-corrected chi connectivity index (χ0v) is 10.2. The van der Waals surface area contributed by atoms with Gasteiger partial charge in [0.2, 0.25) is 0 Å². The summed E-state index contributed by atoms with van der Waals surface area (Å²) >= 11 is 0. The molecule has 0 spiro atoms. The van der Waals surface area contributed by atoms with Gasteiger partial charge in [-0.05, 0) is 23.8 Å². The van der Waals surface area contributed by atoms with Gasteiger partial charge < -0.3 is 4.90 Å². The molecule has 6 heteroatoms. The number of hydrogen-bond donors (Lipinski definition) is 1. The van der Waals surface area contributed by atoms with Gasteiger partial charge in [0.05, 0.1) is 0 Å². The van der Waals surface area contributed by atoms with Crippen LogP contribution in [-0.4, -0.2) is 33.1 Å². The Hall–Kier alpha value is -2.24. The second-order valence-electron chi connectivity index (χ2n) is 3.88. The van der Waals surface area contributed by atoms with Crippen LogP contribution in [0.25, 0.3) is 0 Å². The van der Waals surface area contributed by atoms with Crippen LogP contribution in [0.4, 0.5) is 5.69 Å². The Balaban J connectivity index is 2.23. The number of para-hydroxylation sites is 1. The molecule has 94 valence electrons. The molecule has 0 radical (unpaired) electrons. The van der Waals surface area contributed by atoms with Crippen molar-refractivity contribution in [2.45, 2.75) is 19.8 Å². The highest BCUT2D eigenvalue weighted by Crippen LogP contribution is 2.16. The maximum Gasteiger partial charge on any atom is 0.299 e. The van der Waals surface area contributed by atoms with Crippen LogP contribution >= 0.6 is 0 Å². The molecule has 0 fully saturated rings. The first-order valence-corrected chi connectivity index (χ1v) is 5.93. The van der Waals surface area contributed by atoms with Gasteiger partial charge in [0, 0.05) is 12.2 Å². The van der Waals surface area contributed by atoms with E-state index in [1.165, 1.54) is 0 Å². The Morgan fingerprint density at radius 2 is 2.11 bits per heavy atom. The van der Waals surface area contributed by atoms with Gasteiger partial charge in [0.15, 0.2) is 0 Å². The molecule has 2 rings (SSSR count). The molecule has 18 heavy (non-hydrogen) atoms. The highest BCUT2D eigenvalue weighted by atomic mass is 16.2. The van der Waals surface area contributed by atoms with E-state index in [-0.39, 0.29) is 11.7 Å². The Morgan fingerprint density at radius 3 is 2.72 bits per heavy atom. The monoisotopic (exact) mass is 245 g/mol. The summed E-state index contributed by atoms with van der Waals surface area (Å²) in [4.78, 5) is 13.9. The third-order valence-electron chi connectivity index (χ3n) is 2.58. The van der Waals surface area contributed by atoms with Gasteiger partial charge in [-0.2, -0.15) is 5.21 Å². The van der Waals surface area contributed by atoms with E-state index in [9.17, 15) is 4.79 Å². The Bertz CT molecular complexity index is 482. The summed E-state index contributed by atoms with van der Waals surface area (Å²) < 4.78 is 0. The second-order valence-corrected chi connectivity index (χ2v) is 3.88. The van der Waals surface area contributed by atoms with Gasteiger partial charge in [-0.15, -0.1) is 10.2 Å². The minimum atomic E-state index is -0.233. The summed E-state index contributed by atoms with van der Waals surface area (Å²) in [5.41, 5.74) is 0.848. The highest BCUT2D eigenvalue weighted by molar-refractivity contribution is 6.03. The SMILES string of the molecule is CCCCN(C(=O)c1nn[nH]n1)c1ccccc1. The number of H-pyrrole nitrogens is 1. The number of anilines is 1. The molecular formula is C12H15N5O. The molecule has 0 saturated heterocycles. The van der Waals surface area contributed by atoms with E-state index < -0.39 is 0 Å². The zero-order valence-electron chi connectivity index (χ0n) is 10.2. The number of amides is 1. The summed E-state index contributed by atoms with van der Waals surface area (Å²) in [6, 6.07) is 9.51. The number of tetrazole rings is 1. The number of unbranched alkanes of at least 4 members (excludes halogenated alkanes) is 1. The first-order valence-electron chi connectivity index (χ1n) is 5.93. The normalized spacial score (nSPS) is 10.3. The van der Waals surface area contributed by atoms with Crippen LogP contribution in [0.3, 0.4) is 0 Å². The van der Waals surface area contributed by atoms with Crippen molar-refractivity contribution < 1.29 is 4.79 Å². The lowest BCUT2D eigenvalue weighted by molar-refractivity contribution is 0.0976. The van der Waals surface area contributed by atoms with Crippen molar-refractivity contribution in [1.29, 1.82) is 0 Å². The molecule has 0 bridgehead atoms. The molecule has 1 amide bonds. The summed E-state index contributed by atoms with van der Waals surface area (Å²) in [7, 11) is 0. The number of nitrogens with one attached hydrogen (secondary N) is 1. The lowest BCUT2D eigenvalue weighted by Crippen LogP contribution is -2.32. The van der Waals surface area contributed by atoms with Gasteiger partial charge in [0.25, 0.3) is 11.7 Å². The van der Waals surface area contributed by atoms with E-state index in [1.807, 2.05) is 30.3 Å². The molecular weight excluding hydrogens is 230 g/mol. The average Bonchev–Trinajstić information content (AvgIpc) is 2.94. The number of aromatic amines is 1. The maximum atomic E-state index is 12.3. The van der Waals surface area contributed by atoms with Crippen LogP contribution in [-0.2, 0) is 0 Å². The Kier molecular flexibility index (Phi) is 4.01. The van der Waals surface area contributed by atoms with E-state index in [2.05, 4.69) is 27.5 Å². The minimum absolute atomic E-state index is 0.0926. The van der Waals surface area contributed by atoms with Gasteiger partial charge in [-0.1, -0.05) is 31.5 Å². The number of benzene rings is 1. The minimum Gasteiger partial charge on any atom is -0.306 e. The van der Waals surface area contributed by atoms with Crippen molar-refractivity contribution in [3.63, 3.8) is 0 Å². The van der Waals surface area contributed by atoms with Crippen LogP contribution in [0.5, 0.6) is 0 Å². The van der Waals surface area contributed by atoms with Crippen molar-refractivity contribution in [3.05, 3.63) is 36.2 Å². The van der Waals surface area contributed by atoms with Crippen molar-refractivity contribution >= 4 is 11.6 Å². The molecule has 6 nitrogen and oxygen atoms in total. The highest BCUT2D eigenvalue weighted by Gasteiger charge is 2.20. The van der Waals surface area contributed by atoms with Gasteiger partial charge in [-0.3, -0.25) is 4.79 Å². The van der Waals surface area contributed by atoms with Crippen LogP contribution in [0.1, 0.15) is 30.4 Å². The average molecular weight is 245 g/mol. The lowest BCUT2D eigenvalue weighted by atomic mass is 10.2. The first-order chi connectivity index (χ1) is 8.83. The zero-order chi connectivity index (χ0) is 12.8. The van der Waals surface area contributed by atoms with E-state index in [1.54, 1.807) is 4.90 Å². The number of hydrogen-bond acceptors (Lipinski definition) is 4. The number of carbonyl (C=O) groups is 1. The topological polar surface area (TPSA) is 74.8 Å². The quantitative estimate of drug-likeness (QED) is 0.869. The molecule has 1 N–H and O–H groups in total. The molecule has 0 saturated carbocycles. The molecule has 0 aliphatic heterocycles. The summed E-state index contributed by atoms with van der Waals surface area (Å²) in [5, 5.41) is 13.2. The lowest BCUT2D eigenvalue weighted by Gasteiger charge is -2.20. The van der Waals surface area contributed by atoms with E-state index >= 15 is 0 Å². The summed E-state index contributed by atoms with van der Waals surface area (Å²) in [6.45, 7) is 2.73. The second kappa shape index (κ2) is 5.90. The molecule has 0 atom stereocenters. The standard InChI is InChI=1S/C12H15N5O/c1-2-3-9-17(10-7-5-4-6-8-10)12(18)11-13-15-16-14-11/h4-8H,2-3,9H2,1H3,(H,13,14,15,16). The van der Waals surface area contributed by atoms with Gasteiger partial charge in [-0.25, -0.2) is 0 Å². The number of rotatable bonds is 5. The molecule has 1 aromatic heterocycles. The molecule has 0 aliphatic rings. The van der Waals surface area contributed by atoms with Crippen molar-refractivity contribution in [3.8, 4) is 0 Å².